The van der Waals surface area contributed by atoms with E-state index in [0.29, 0.717) is 5.92 Å². The third kappa shape index (κ3) is 18.9. The predicted molar refractivity (Wildman–Crippen MR) is 174 cm³/mol. The lowest BCUT2D eigenvalue weighted by molar-refractivity contribution is 0.119. The maximum atomic E-state index is 5.99. The van der Waals surface area contributed by atoms with Gasteiger partial charge < -0.3 is 10.1 Å². The highest BCUT2D eigenvalue weighted by molar-refractivity contribution is 5.57. The van der Waals surface area contributed by atoms with E-state index in [4.69, 9.17) is 4.74 Å². The molecule has 1 N–H and O–H groups in total. The van der Waals surface area contributed by atoms with Gasteiger partial charge in [0.1, 0.15) is 0 Å². The lowest BCUT2D eigenvalue weighted by Gasteiger charge is -2.11. The first-order valence-corrected chi connectivity index (χ1v) is 17.8. The van der Waals surface area contributed by atoms with Gasteiger partial charge in [0.05, 0.1) is 6.61 Å². The number of nitrogens with one attached hydrogen (secondary N) is 1. The molecule has 1 heterocycles. The molecule has 2 nitrogen and oxygen atoms in total. The number of fused-ring (bicyclic) bond motifs is 1. The molecule has 2 rings (SSSR count). The van der Waals surface area contributed by atoms with Gasteiger partial charge in [-0.15, -0.1) is 0 Å². The Kier molecular flexibility index (Phi) is 22.7. The molecule has 1 aliphatic heterocycles. The summed E-state index contributed by atoms with van der Waals surface area (Å²) < 4.78 is 5.99. The van der Waals surface area contributed by atoms with Crippen molar-refractivity contribution in [3.8, 4) is 0 Å². The Hall–Kier alpha value is -1.02. The van der Waals surface area contributed by atoms with Crippen molar-refractivity contribution >= 4 is 5.69 Å². The van der Waals surface area contributed by atoms with Crippen molar-refractivity contribution in [2.24, 2.45) is 0 Å². The zero-order valence-corrected chi connectivity index (χ0v) is 26.3. The average molecular weight is 542 g/mol. The minimum Gasteiger partial charge on any atom is -0.384 e. The molecule has 0 spiro atoms. The van der Waals surface area contributed by atoms with E-state index >= 15 is 0 Å². The molecule has 0 bridgehead atoms. The summed E-state index contributed by atoms with van der Waals surface area (Å²) in [6.45, 7) is 5.12. The van der Waals surface area contributed by atoms with Crippen molar-refractivity contribution in [1.29, 1.82) is 0 Å². The van der Waals surface area contributed by atoms with Crippen LogP contribution in [0.15, 0.2) is 24.3 Å². The van der Waals surface area contributed by atoms with E-state index in [1.165, 1.54) is 178 Å². The molecule has 0 aromatic heterocycles. The Bertz CT molecular complexity index is 644. The monoisotopic (exact) mass is 542 g/mol. The molecule has 0 fully saturated rings. The number of ether oxygens (including phenoxy) is 1. The molecule has 1 aromatic carbocycles. The Morgan fingerprint density at radius 3 is 1.36 bits per heavy atom. The van der Waals surface area contributed by atoms with Gasteiger partial charge in [-0.2, -0.15) is 0 Å². The number of rotatable bonds is 29. The second-order valence-electron chi connectivity index (χ2n) is 12.6. The molecular weight excluding hydrogens is 474 g/mol. The van der Waals surface area contributed by atoms with E-state index < -0.39 is 0 Å². The maximum absolute atomic E-state index is 5.99. The number of unbranched alkanes of at least 4 members (excludes halogenated alkanes) is 25. The van der Waals surface area contributed by atoms with Crippen LogP contribution in [0.1, 0.15) is 185 Å². The van der Waals surface area contributed by atoms with Gasteiger partial charge in [0.25, 0.3) is 0 Å². The zero-order valence-electron chi connectivity index (χ0n) is 26.3. The first-order valence-electron chi connectivity index (χ1n) is 17.8. The van der Waals surface area contributed by atoms with E-state index in [1.807, 2.05) is 0 Å². The van der Waals surface area contributed by atoms with Crippen LogP contribution < -0.4 is 5.32 Å². The number of para-hydroxylation sites is 1. The molecule has 0 saturated heterocycles. The summed E-state index contributed by atoms with van der Waals surface area (Å²) in [6.07, 6.45) is 37.6. The summed E-state index contributed by atoms with van der Waals surface area (Å²) >= 11 is 0. The minimum atomic E-state index is 0.533. The van der Waals surface area contributed by atoms with Crippen LogP contribution in [0.5, 0.6) is 0 Å². The van der Waals surface area contributed by atoms with Crippen LogP contribution in [0.2, 0.25) is 0 Å². The number of benzene rings is 1. The lowest BCUT2D eigenvalue weighted by Crippen LogP contribution is -2.10. The van der Waals surface area contributed by atoms with Gasteiger partial charge in [-0.25, -0.2) is 0 Å². The molecule has 0 amide bonds. The Labute approximate surface area is 244 Å². The second kappa shape index (κ2) is 25.9. The molecule has 1 unspecified atom stereocenters. The molecule has 2 heteroatoms. The third-order valence-corrected chi connectivity index (χ3v) is 8.90. The highest BCUT2D eigenvalue weighted by Crippen LogP contribution is 2.31. The zero-order chi connectivity index (χ0) is 27.5. The van der Waals surface area contributed by atoms with E-state index in [-0.39, 0.29) is 0 Å². The Balaban J connectivity index is 1.18. The lowest BCUT2D eigenvalue weighted by atomic mass is 10.0. The molecule has 0 aliphatic carbocycles. The van der Waals surface area contributed by atoms with Gasteiger partial charge in [0, 0.05) is 24.8 Å². The Morgan fingerprint density at radius 2 is 0.923 bits per heavy atom. The minimum absolute atomic E-state index is 0.533. The maximum Gasteiger partial charge on any atom is 0.0552 e. The van der Waals surface area contributed by atoms with Gasteiger partial charge in [0.15, 0.2) is 0 Å². The number of hydrogen-bond acceptors (Lipinski definition) is 2. The molecule has 0 saturated carbocycles. The van der Waals surface area contributed by atoms with Crippen molar-refractivity contribution in [2.75, 3.05) is 25.1 Å². The number of hydrogen-bond donors (Lipinski definition) is 1. The first kappa shape index (κ1) is 34.2. The fourth-order valence-corrected chi connectivity index (χ4v) is 6.25. The highest BCUT2D eigenvalue weighted by Gasteiger charge is 2.21. The van der Waals surface area contributed by atoms with Crippen LogP contribution in [-0.2, 0) is 4.74 Å². The van der Waals surface area contributed by atoms with Crippen molar-refractivity contribution in [2.45, 2.75) is 180 Å². The molecule has 1 aliphatic rings. The van der Waals surface area contributed by atoms with Gasteiger partial charge in [-0.3, -0.25) is 0 Å². The third-order valence-electron chi connectivity index (χ3n) is 8.90. The van der Waals surface area contributed by atoms with E-state index in [9.17, 15) is 0 Å². The van der Waals surface area contributed by atoms with Crippen LogP contribution in [0.25, 0.3) is 0 Å². The van der Waals surface area contributed by atoms with Gasteiger partial charge in [-0.05, 0) is 18.1 Å². The van der Waals surface area contributed by atoms with Crippen LogP contribution in [-0.4, -0.2) is 19.8 Å². The normalized spacial score (nSPS) is 14.5. The summed E-state index contributed by atoms with van der Waals surface area (Å²) in [5, 5.41) is 3.49. The molecule has 1 atom stereocenters. The van der Waals surface area contributed by atoms with Crippen molar-refractivity contribution in [1.82, 2.24) is 0 Å². The SMILES string of the molecule is CCCCCCCCCCCCCCCCCCCCCCCCCCCCOCC1CNc2ccccc21. The summed E-state index contributed by atoms with van der Waals surface area (Å²) in [5.41, 5.74) is 2.73. The van der Waals surface area contributed by atoms with Crippen LogP contribution in [0.4, 0.5) is 5.69 Å². The molecule has 1 aromatic rings. The molecular formula is C37H67NO. The summed E-state index contributed by atoms with van der Waals surface area (Å²) in [6, 6.07) is 8.67. The summed E-state index contributed by atoms with van der Waals surface area (Å²) in [7, 11) is 0. The van der Waals surface area contributed by atoms with E-state index in [1.54, 1.807) is 0 Å². The van der Waals surface area contributed by atoms with Crippen LogP contribution in [0, 0.1) is 0 Å². The quantitative estimate of drug-likeness (QED) is 0.102. The van der Waals surface area contributed by atoms with Crippen molar-refractivity contribution < 1.29 is 4.74 Å². The van der Waals surface area contributed by atoms with E-state index in [0.717, 1.165) is 19.8 Å². The van der Waals surface area contributed by atoms with Crippen LogP contribution >= 0.6 is 0 Å². The smallest absolute Gasteiger partial charge is 0.0552 e. The largest absolute Gasteiger partial charge is 0.384 e. The molecule has 226 valence electrons. The van der Waals surface area contributed by atoms with Crippen LogP contribution in [0.3, 0.4) is 0 Å². The van der Waals surface area contributed by atoms with Gasteiger partial charge >= 0.3 is 0 Å². The Morgan fingerprint density at radius 1 is 0.538 bits per heavy atom. The first-order chi connectivity index (χ1) is 19.4. The number of anilines is 1. The van der Waals surface area contributed by atoms with Crippen molar-refractivity contribution in [3.05, 3.63) is 29.8 Å². The molecule has 39 heavy (non-hydrogen) atoms. The van der Waals surface area contributed by atoms with Gasteiger partial charge in [-0.1, -0.05) is 186 Å². The fraction of sp³-hybridized carbons (Fsp3) is 0.838. The predicted octanol–water partition coefficient (Wildman–Crippen LogP) is 12.4. The highest BCUT2D eigenvalue weighted by atomic mass is 16.5. The average Bonchev–Trinajstić information content (AvgIpc) is 3.37. The topological polar surface area (TPSA) is 21.3 Å². The summed E-state index contributed by atoms with van der Waals surface area (Å²) in [4.78, 5) is 0. The standard InChI is InChI=1S/C37H67NO/c1-2-3-4-5-6-7-8-9-10-11-12-13-14-15-16-17-18-19-20-21-22-23-24-25-26-29-32-39-34-35-33-38-37-31-28-27-30-36(35)37/h27-28,30-31,35,38H,2-26,29,32-34H2,1H3. The van der Waals surface area contributed by atoms with Gasteiger partial charge in [0.2, 0.25) is 0 Å². The fourth-order valence-electron chi connectivity index (χ4n) is 6.25. The molecule has 0 radical (unpaired) electrons. The van der Waals surface area contributed by atoms with Crippen molar-refractivity contribution in [3.63, 3.8) is 0 Å². The second-order valence-corrected chi connectivity index (χ2v) is 12.6. The summed E-state index contributed by atoms with van der Waals surface area (Å²) in [5.74, 6) is 0.533. The van der Waals surface area contributed by atoms with E-state index in [2.05, 4.69) is 36.5 Å².